The van der Waals surface area contributed by atoms with Crippen LogP contribution in [0.4, 0.5) is 0 Å². The van der Waals surface area contributed by atoms with Gasteiger partial charge in [0.15, 0.2) is 0 Å². The Kier molecular flexibility index (Phi) is 5.57. The van der Waals surface area contributed by atoms with Gasteiger partial charge in [-0.2, -0.15) is 0 Å². The Morgan fingerprint density at radius 1 is 1.35 bits per heavy atom. The summed E-state index contributed by atoms with van der Waals surface area (Å²) in [5.41, 5.74) is 0.591. The summed E-state index contributed by atoms with van der Waals surface area (Å²) < 4.78 is 12.3. The van der Waals surface area contributed by atoms with E-state index >= 15 is 0 Å². The minimum atomic E-state index is -0.492. The van der Waals surface area contributed by atoms with Crippen LogP contribution in [-0.2, 0) is 10.3 Å². The Balaban J connectivity index is 2.02. The average molecular weight is 319 g/mol. The molecule has 2 unspecified atom stereocenters. The second kappa shape index (κ2) is 7.65. The van der Waals surface area contributed by atoms with Crippen LogP contribution in [0.3, 0.4) is 0 Å². The lowest BCUT2D eigenvalue weighted by atomic mass is 9.72. The first-order valence-corrected chi connectivity index (χ1v) is 8.99. The van der Waals surface area contributed by atoms with Gasteiger partial charge < -0.3 is 19.9 Å². The van der Waals surface area contributed by atoms with Crippen molar-refractivity contribution in [3.63, 3.8) is 0 Å². The van der Waals surface area contributed by atoms with Gasteiger partial charge in [-0.25, -0.2) is 0 Å². The zero-order valence-electron chi connectivity index (χ0n) is 14.1. The summed E-state index contributed by atoms with van der Waals surface area (Å²) in [5, 5.41) is 13.7. The number of para-hydroxylation sites is 1. The highest BCUT2D eigenvalue weighted by Crippen LogP contribution is 2.46. The normalized spacial score (nSPS) is 27.0. The highest BCUT2D eigenvalue weighted by Gasteiger charge is 2.48. The molecule has 0 spiro atoms. The maximum atomic E-state index is 10.2. The Morgan fingerprint density at radius 3 is 2.78 bits per heavy atom. The van der Waals surface area contributed by atoms with Crippen molar-refractivity contribution < 1.29 is 14.6 Å². The predicted molar refractivity (Wildman–Crippen MR) is 90.6 cm³/mol. The molecule has 2 N–H and O–H groups in total. The smallest absolute Gasteiger partial charge is 0.125 e. The molecule has 23 heavy (non-hydrogen) atoms. The third-order valence-corrected chi connectivity index (χ3v) is 5.43. The van der Waals surface area contributed by atoms with Crippen LogP contribution in [-0.4, -0.2) is 38.0 Å². The molecule has 1 heterocycles. The molecule has 1 aliphatic heterocycles. The maximum absolute atomic E-state index is 10.2. The van der Waals surface area contributed by atoms with E-state index in [1.165, 1.54) is 25.7 Å². The molecule has 1 aromatic rings. The number of rotatable bonds is 6. The van der Waals surface area contributed by atoms with Crippen molar-refractivity contribution >= 4 is 0 Å². The molecule has 128 valence electrons. The van der Waals surface area contributed by atoms with Crippen LogP contribution in [0.15, 0.2) is 24.3 Å². The number of aliphatic hydroxyl groups excluding tert-OH is 1. The van der Waals surface area contributed by atoms with Gasteiger partial charge in [0.25, 0.3) is 0 Å². The second-order valence-electron chi connectivity index (χ2n) is 6.68. The van der Waals surface area contributed by atoms with Gasteiger partial charge in [-0.3, -0.25) is 0 Å². The van der Waals surface area contributed by atoms with E-state index in [9.17, 15) is 5.11 Å². The predicted octanol–water partition coefficient (Wildman–Crippen LogP) is 2.70. The van der Waals surface area contributed by atoms with Crippen LogP contribution < -0.4 is 10.1 Å². The first kappa shape index (κ1) is 16.7. The third-order valence-electron chi connectivity index (χ3n) is 5.43. The first-order valence-electron chi connectivity index (χ1n) is 8.99. The SMILES string of the molecule is CCOc1ccccc1C1(C(CO)C2CCCC2)CNCCO1. The topological polar surface area (TPSA) is 50.7 Å². The van der Waals surface area contributed by atoms with E-state index in [-0.39, 0.29) is 12.5 Å². The zero-order valence-corrected chi connectivity index (χ0v) is 14.1. The molecule has 0 radical (unpaired) electrons. The molecular weight excluding hydrogens is 290 g/mol. The summed E-state index contributed by atoms with van der Waals surface area (Å²) in [6, 6.07) is 8.17. The molecular formula is C19H29NO3. The van der Waals surface area contributed by atoms with Gasteiger partial charge in [0.1, 0.15) is 11.4 Å². The highest BCUT2D eigenvalue weighted by molar-refractivity contribution is 5.40. The standard InChI is InChI=1S/C19H29NO3/c1-2-22-18-10-6-5-9-16(18)19(14-20-11-12-23-19)17(13-21)15-7-3-4-8-15/h5-6,9-10,15,17,20-21H,2-4,7-8,11-14H2,1H3. The Bertz CT molecular complexity index is 493. The third kappa shape index (κ3) is 3.25. The van der Waals surface area contributed by atoms with Crippen molar-refractivity contribution in [2.75, 3.05) is 32.9 Å². The average Bonchev–Trinajstić information content (AvgIpc) is 3.11. The van der Waals surface area contributed by atoms with Crippen molar-refractivity contribution in [2.24, 2.45) is 11.8 Å². The van der Waals surface area contributed by atoms with Gasteiger partial charge in [0.05, 0.1) is 13.2 Å². The van der Waals surface area contributed by atoms with Crippen LogP contribution in [0, 0.1) is 11.8 Å². The molecule has 3 rings (SSSR count). The van der Waals surface area contributed by atoms with Gasteiger partial charge in [0.2, 0.25) is 0 Å². The van der Waals surface area contributed by atoms with Gasteiger partial charge in [-0.15, -0.1) is 0 Å². The lowest BCUT2D eigenvalue weighted by molar-refractivity contribution is -0.138. The van der Waals surface area contributed by atoms with E-state index in [4.69, 9.17) is 9.47 Å². The lowest BCUT2D eigenvalue weighted by Gasteiger charge is -2.46. The van der Waals surface area contributed by atoms with Crippen molar-refractivity contribution in [1.29, 1.82) is 0 Å². The molecule has 0 aromatic heterocycles. The van der Waals surface area contributed by atoms with Crippen LogP contribution in [0.5, 0.6) is 5.75 Å². The fraction of sp³-hybridized carbons (Fsp3) is 0.684. The number of hydrogen-bond acceptors (Lipinski definition) is 4. The number of nitrogens with one attached hydrogen (secondary N) is 1. The van der Waals surface area contributed by atoms with Crippen molar-refractivity contribution in [1.82, 2.24) is 5.32 Å². The van der Waals surface area contributed by atoms with Gasteiger partial charge in [-0.1, -0.05) is 31.0 Å². The summed E-state index contributed by atoms with van der Waals surface area (Å²) in [7, 11) is 0. The van der Waals surface area contributed by atoms with Gasteiger partial charge in [-0.05, 0) is 31.7 Å². The fourth-order valence-electron chi connectivity index (χ4n) is 4.38. The molecule has 2 fully saturated rings. The Hall–Kier alpha value is -1.10. The van der Waals surface area contributed by atoms with E-state index in [2.05, 4.69) is 11.4 Å². The van der Waals surface area contributed by atoms with Crippen LogP contribution in [0.25, 0.3) is 0 Å². The molecule has 1 saturated carbocycles. The molecule has 1 aliphatic carbocycles. The van der Waals surface area contributed by atoms with E-state index < -0.39 is 5.60 Å². The van der Waals surface area contributed by atoms with Gasteiger partial charge in [0, 0.05) is 31.2 Å². The zero-order chi connectivity index (χ0) is 16.1. The molecule has 2 aliphatic rings. The van der Waals surface area contributed by atoms with Gasteiger partial charge >= 0.3 is 0 Å². The van der Waals surface area contributed by atoms with Crippen molar-refractivity contribution in [3.05, 3.63) is 29.8 Å². The van der Waals surface area contributed by atoms with E-state index in [0.717, 1.165) is 24.4 Å². The maximum Gasteiger partial charge on any atom is 0.125 e. The van der Waals surface area contributed by atoms with Crippen LogP contribution in [0.1, 0.15) is 38.2 Å². The first-order chi connectivity index (χ1) is 11.3. The molecule has 2 atom stereocenters. The Morgan fingerprint density at radius 2 is 2.13 bits per heavy atom. The number of aliphatic hydroxyl groups is 1. The molecule has 4 heteroatoms. The van der Waals surface area contributed by atoms with Crippen LogP contribution >= 0.6 is 0 Å². The number of morpholine rings is 1. The molecule has 1 aromatic carbocycles. The quantitative estimate of drug-likeness (QED) is 0.846. The number of ether oxygens (including phenoxy) is 2. The van der Waals surface area contributed by atoms with E-state index in [1.807, 2.05) is 25.1 Å². The lowest BCUT2D eigenvalue weighted by Crippen LogP contribution is -2.54. The number of hydrogen-bond donors (Lipinski definition) is 2. The summed E-state index contributed by atoms with van der Waals surface area (Å²) in [5.74, 6) is 1.52. The van der Waals surface area contributed by atoms with Crippen LogP contribution in [0.2, 0.25) is 0 Å². The van der Waals surface area contributed by atoms with Crippen molar-refractivity contribution in [3.8, 4) is 5.75 Å². The van der Waals surface area contributed by atoms with E-state index in [0.29, 0.717) is 19.1 Å². The summed E-state index contributed by atoms with van der Waals surface area (Å²) >= 11 is 0. The monoisotopic (exact) mass is 319 g/mol. The van der Waals surface area contributed by atoms with E-state index in [1.54, 1.807) is 0 Å². The molecule has 1 saturated heterocycles. The molecule has 0 bridgehead atoms. The summed E-state index contributed by atoms with van der Waals surface area (Å²) in [4.78, 5) is 0. The van der Waals surface area contributed by atoms with Crippen molar-refractivity contribution in [2.45, 2.75) is 38.2 Å². The molecule has 0 amide bonds. The molecule has 4 nitrogen and oxygen atoms in total. The fourth-order valence-corrected chi connectivity index (χ4v) is 4.38. The minimum Gasteiger partial charge on any atom is -0.493 e. The number of benzene rings is 1. The summed E-state index contributed by atoms with van der Waals surface area (Å²) in [6.45, 7) is 5.06. The second-order valence-corrected chi connectivity index (χ2v) is 6.68. The summed E-state index contributed by atoms with van der Waals surface area (Å²) in [6.07, 6.45) is 4.90. The Labute approximate surface area is 139 Å². The minimum absolute atomic E-state index is 0.111. The largest absolute Gasteiger partial charge is 0.493 e. The highest BCUT2D eigenvalue weighted by atomic mass is 16.5.